The van der Waals surface area contributed by atoms with E-state index in [1.54, 1.807) is 16.8 Å². The van der Waals surface area contributed by atoms with Gasteiger partial charge >= 0.3 is 6.01 Å². The van der Waals surface area contributed by atoms with Gasteiger partial charge in [-0.05, 0) is 6.07 Å². The monoisotopic (exact) mass is 194 g/mol. The molecule has 0 aromatic carbocycles. The minimum Gasteiger partial charge on any atom is -0.455 e. The predicted octanol–water partition coefficient (Wildman–Crippen LogP) is -1.02. The molecule has 1 aromatic heterocycles. The highest BCUT2D eigenvalue weighted by molar-refractivity contribution is 5.09. The molecular formula is C8H10N4O2. The zero-order valence-corrected chi connectivity index (χ0v) is 7.38. The van der Waals surface area contributed by atoms with Gasteiger partial charge in [-0.25, -0.2) is 0 Å². The van der Waals surface area contributed by atoms with Crippen LogP contribution in [0.4, 0.5) is 0 Å². The molecule has 3 atom stereocenters. The summed E-state index contributed by atoms with van der Waals surface area (Å²) in [5.41, 5.74) is 5.98. The molecule has 0 bridgehead atoms. The lowest BCUT2D eigenvalue weighted by Gasteiger charge is -2.09. The molecule has 6 heteroatoms. The van der Waals surface area contributed by atoms with E-state index in [-0.39, 0.29) is 23.9 Å². The van der Waals surface area contributed by atoms with Crippen LogP contribution in [0, 0.1) is 5.41 Å². The summed E-state index contributed by atoms with van der Waals surface area (Å²) in [6.45, 7) is 0.504. The summed E-state index contributed by atoms with van der Waals surface area (Å²) in [6.07, 6.45) is 1.41. The lowest BCUT2D eigenvalue weighted by Crippen LogP contribution is -2.36. The van der Waals surface area contributed by atoms with Gasteiger partial charge in [-0.15, -0.1) is 0 Å². The van der Waals surface area contributed by atoms with Crippen molar-refractivity contribution < 1.29 is 9.47 Å². The zero-order chi connectivity index (χ0) is 9.71. The van der Waals surface area contributed by atoms with Crippen molar-refractivity contribution in [3.8, 4) is 6.01 Å². The van der Waals surface area contributed by atoms with Gasteiger partial charge in [-0.2, -0.15) is 4.98 Å². The van der Waals surface area contributed by atoms with Gasteiger partial charge in [0, 0.05) is 6.20 Å². The Bertz CT molecular complexity index is 430. The van der Waals surface area contributed by atoms with Crippen molar-refractivity contribution in [1.82, 2.24) is 9.55 Å². The third kappa shape index (κ3) is 0.919. The first-order valence-corrected chi connectivity index (χ1v) is 4.43. The van der Waals surface area contributed by atoms with Crippen LogP contribution in [-0.4, -0.2) is 28.3 Å². The quantitative estimate of drug-likeness (QED) is 0.553. The Morgan fingerprint density at radius 2 is 2.50 bits per heavy atom. The van der Waals surface area contributed by atoms with Crippen molar-refractivity contribution in [3.05, 3.63) is 17.8 Å². The number of nitrogens with two attached hydrogens (primary N) is 1. The summed E-state index contributed by atoms with van der Waals surface area (Å²) in [6, 6.07) is 1.90. The summed E-state index contributed by atoms with van der Waals surface area (Å²) in [5.74, 6) is 0. The molecule has 3 heterocycles. The van der Waals surface area contributed by atoms with Gasteiger partial charge in [0.05, 0.1) is 12.6 Å². The Kier molecular flexibility index (Phi) is 1.45. The highest BCUT2D eigenvalue weighted by Gasteiger charge is 2.44. The second-order valence-corrected chi connectivity index (χ2v) is 3.47. The number of hydrogen-bond acceptors (Lipinski definition) is 5. The molecular weight excluding hydrogens is 184 g/mol. The fourth-order valence-electron chi connectivity index (χ4n) is 1.81. The van der Waals surface area contributed by atoms with Crippen LogP contribution >= 0.6 is 0 Å². The molecule has 0 aliphatic carbocycles. The molecule has 2 aliphatic rings. The van der Waals surface area contributed by atoms with Crippen molar-refractivity contribution in [1.29, 1.82) is 5.41 Å². The molecule has 2 aliphatic heterocycles. The van der Waals surface area contributed by atoms with Crippen molar-refractivity contribution >= 4 is 0 Å². The Balaban J connectivity index is 2.08. The van der Waals surface area contributed by atoms with E-state index < -0.39 is 0 Å². The fourth-order valence-corrected chi connectivity index (χ4v) is 1.81. The predicted molar refractivity (Wildman–Crippen MR) is 45.5 cm³/mol. The van der Waals surface area contributed by atoms with E-state index in [9.17, 15) is 0 Å². The van der Waals surface area contributed by atoms with Crippen LogP contribution in [0.1, 0.15) is 6.23 Å². The summed E-state index contributed by atoms with van der Waals surface area (Å²) in [4.78, 5) is 3.94. The van der Waals surface area contributed by atoms with Crippen LogP contribution in [0.15, 0.2) is 12.3 Å². The Labute approximate surface area is 79.8 Å². The molecule has 14 heavy (non-hydrogen) atoms. The molecule has 6 nitrogen and oxygen atoms in total. The lowest BCUT2D eigenvalue weighted by atomic mass is 10.2. The SMILES string of the molecule is N=c1ccn2c(n1)O[C@@H]1[C@@H](N)CO[C@@H]12. The summed E-state index contributed by atoms with van der Waals surface area (Å²) >= 11 is 0. The second-order valence-electron chi connectivity index (χ2n) is 3.47. The van der Waals surface area contributed by atoms with Gasteiger partial charge in [-0.3, -0.25) is 9.98 Å². The topological polar surface area (TPSA) is 86.2 Å². The van der Waals surface area contributed by atoms with Crippen molar-refractivity contribution in [2.45, 2.75) is 18.4 Å². The van der Waals surface area contributed by atoms with Crippen molar-refractivity contribution in [2.24, 2.45) is 5.73 Å². The van der Waals surface area contributed by atoms with Crippen LogP contribution in [0.25, 0.3) is 0 Å². The van der Waals surface area contributed by atoms with Gasteiger partial charge in [0.2, 0.25) is 0 Å². The Morgan fingerprint density at radius 1 is 1.64 bits per heavy atom. The highest BCUT2D eigenvalue weighted by atomic mass is 16.6. The highest BCUT2D eigenvalue weighted by Crippen LogP contribution is 2.34. The molecule has 0 unspecified atom stereocenters. The number of hydrogen-bond donors (Lipinski definition) is 2. The molecule has 0 amide bonds. The largest absolute Gasteiger partial charge is 0.455 e. The first kappa shape index (κ1) is 7.95. The molecule has 0 spiro atoms. The maximum absolute atomic E-state index is 7.34. The summed E-state index contributed by atoms with van der Waals surface area (Å²) in [7, 11) is 0. The van der Waals surface area contributed by atoms with Crippen LogP contribution in [0.5, 0.6) is 6.01 Å². The average Bonchev–Trinajstić information content (AvgIpc) is 2.66. The number of fused-ring (bicyclic) bond motifs is 3. The minimum atomic E-state index is -0.173. The Morgan fingerprint density at radius 3 is 3.36 bits per heavy atom. The first-order chi connectivity index (χ1) is 6.75. The molecule has 74 valence electrons. The zero-order valence-electron chi connectivity index (χ0n) is 7.38. The van der Waals surface area contributed by atoms with Crippen LogP contribution in [0.3, 0.4) is 0 Å². The van der Waals surface area contributed by atoms with E-state index in [2.05, 4.69) is 4.98 Å². The van der Waals surface area contributed by atoms with Gasteiger partial charge in [0.25, 0.3) is 0 Å². The third-order valence-electron chi connectivity index (χ3n) is 2.51. The van der Waals surface area contributed by atoms with Crippen molar-refractivity contribution in [3.63, 3.8) is 0 Å². The molecule has 3 N–H and O–H groups in total. The van der Waals surface area contributed by atoms with E-state index in [4.69, 9.17) is 20.6 Å². The number of ether oxygens (including phenoxy) is 2. The minimum absolute atomic E-state index is 0.115. The van der Waals surface area contributed by atoms with Crippen LogP contribution in [0.2, 0.25) is 0 Å². The van der Waals surface area contributed by atoms with E-state index in [1.165, 1.54) is 0 Å². The maximum Gasteiger partial charge on any atom is 0.301 e. The molecule has 1 saturated heterocycles. The molecule has 1 aromatic rings. The third-order valence-corrected chi connectivity index (χ3v) is 2.51. The number of aromatic nitrogens is 2. The number of nitrogens with zero attached hydrogens (tertiary/aromatic N) is 2. The van der Waals surface area contributed by atoms with Crippen molar-refractivity contribution in [2.75, 3.05) is 6.61 Å². The normalized spacial score (nSPS) is 33.6. The fraction of sp³-hybridized carbons (Fsp3) is 0.500. The second kappa shape index (κ2) is 2.55. The summed E-state index contributed by atoms with van der Waals surface area (Å²) in [5, 5.41) is 7.34. The van der Waals surface area contributed by atoms with E-state index in [0.717, 1.165) is 0 Å². The molecule has 1 fully saturated rings. The average molecular weight is 194 g/mol. The molecule has 3 rings (SSSR count). The van der Waals surface area contributed by atoms with Gasteiger partial charge in [0.1, 0.15) is 0 Å². The summed E-state index contributed by atoms with van der Waals surface area (Å²) < 4.78 is 12.7. The lowest BCUT2D eigenvalue weighted by molar-refractivity contribution is 0.0399. The van der Waals surface area contributed by atoms with E-state index >= 15 is 0 Å². The molecule has 0 saturated carbocycles. The maximum atomic E-state index is 7.34. The smallest absolute Gasteiger partial charge is 0.301 e. The van der Waals surface area contributed by atoms with Gasteiger partial charge < -0.3 is 15.2 Å². The van der Waals surface area contributed by atoms with Gasteiger partial charge in [0.15, 0.2) is 17.8 Å². The van der Waals surface area contributed by atoms with Crippen LogP contribution < -0.4 is 16.0 Å². The molecule has 0 radical (unpaired) electrons. The van der Waals surface area contributed by atoms with E-state index in [0.29, 0.717) is 12.6 Å². The van der Waals surface area contributed by atoms with Gasteiger partial charge in [-0.1, -0.05) is 0 Å². The Hall–Kier alpha value is -1.40. The first-order valence-electron chi connectivity index (χ1n) is 4.43. The standard InChI is InChI=1S/C8H10N4O2/c9-4-3-13-7-6(4)14-8-11-5(10)1-2-12(7)8/h1-2,4,6-7,10H,3,9H2/t4-,6+,7-/m0/s1. The number of rotatable bonds is 0. The van der Waals surface area contributed by atoms with E-state index in [1.807, 2.05) is 0 Å². The van der Waals surface area contributed by atoms with Crippen LogP contribution in [-0.2, 0) is 4.74 Å². The number of nitrogens with one attached hydrogen (secondary N) is 1.